The van der Waals surface area contributed by atoms with Crippen LogP contribution in [0.2, 0.25) is 0 Å². The highest BCUT2D eigenvalue weighted by Gasteiger charge is 2.25. The summed E-state index contributed by atoms with van der Waals surface area (Å²) in [6.07, 6.45) is 2.27. The Labute approximate surface area is 144 Å². The number of benzene rings is 1. The number of aryl methyl sites for hydroxylation is 2. The zero-order valence-electron chi connectivity index (χ0n) is 13.7. The third-order valence-electron chi connectivity index (χ3n) is 3.61. The summed E-state index contributed by atoms with van der Waals surface area (Å²) in [5.74, 6) is 4.83. The van der Waals surface area contributed by atoms with Crippen molar-refractivity contribution in [3.63, 3.8) is 0 Å². The van der Waals surface area contributed by atoms with Gasteiger partial charge in [-0.1, -0.05) is 12.1 Å². The van der Waals surface area contributed by atoms with Gasteiger partial charge in [0.15, 0.2) is 5.78 Å². The first kappa shape index (κ1) is 18.6. The maximum atomic E-state index is 12.1. The number of carbonyl (C=O) groups is 2. The number of carbonyl (C=O) groups excluding carboxylic acids is 2. The molecule has 0 unspecified atom stereocenters. The van der Waals surface area contributed by atoms with Crippen molar-refractivity contribution in [1.29, 1.82) is 0 Å². The number of nitrogens with zero attached hydrogens (tertiary/aromatic N) is 2. The standard InChI is InChI=1S/C14H14N4O2.CH4O3S/c1-8-2-3-9-6-10(14(20)16-7-17-15)18-5-4-11(19)12(8)13(9)18;1-5(2,3)4/h2-3,6-7H,4-5,15H2,1H3,(H,16,17,20);1H3,(H,2,3,4). The van der Waals surface area contributed by atoms with Gasteiger partial charge in [-0.2, -0.15) is 13.5 Å². The van der Waals surface area contributed by atoms with Crippen LogP contribution in [0.25, 0.3) is 10.9 Å². The van der Waals surface area contributed by atoms with Gasteiger partial charge in [-0.25, -0.2) is 0 Å². The van der Waals surface area contributed by atoms with Crippen molar-refractivity contribution in [2.75, 3.05) is 6.26 Å². The molecule has 0 spiro atoms. The average Bonchev–Trinajstić information content (AvgIpc) is 2.88. The van der Waals surface area contributed by atoms with Crippen molar-refractivity contribution in [1.82, 2.24) is 9.88 Å². The Kier molecular flexibility index (Phi) is 5.24. The lowest BCUT2D eigenvalue weighted by molar-refractivity contribution is 0.0947. The number of amides is 1. The third kappa shape index (κ3) is 4.22. The highest BCUT2D eigenvalue weighted by molar-refractivity contribution is 7.85. The predicted molar refractivity (Wildman–Crippen MR) is 93.2 cm³/mol. The Morgan fingerprint density at radius 2 is 2.08 bits per heavy atom. The van der Waals surface area contributed by atoms with Crippen molar-refractivity contribution in [2.45, 2.75) is 19.9 Å². The largest absolute Gasteiger partial charge is 0.335 e. The maximum Gasteiger partial charge on any atom is 0.273 e. The fourth-order valence-corrected chi connectivity index (χ4v) is 2.74. The van der Waals surface area contributed by atoms with E-state index in [9.17, 15) is 18.0 Å². The molecular formula is C15H18N4O5S. The van der Waals surface area contributed by atoms with Crippen molar-refractivity contribution in [3.8, 4) is 0 Å². The molecule has 0 fully saturated rings. The van der Waals surface area contributed by atoms with Crippen LogP contribution in [0.4, 0.5) is 0 Å². The highest BCUT2D eigenvalue weighted by atomic mass is 32.2. The molecule has 2 heterocycles. The molecular weight excluding hydrogens is 348 g/mol. The minimum Gasteiger partial charge on any atom is -0.335 e. The Morgan fingerprint density at radius 3 is 2.68 bits per heavy atom. The van der Waals surface area contributed by atoms with Crippen LogP contribution in [0, 0.1) is 6.92 Å². The number of nitrogens with one attached hydrogen (secondary N) is 1. The molecule has 2 aromatic rings. The number of hydrogen-bond acceptors (Lipinski definition) is 6. The summed E-state index contributed by atoms with van der Waals surface area (Å²) < 4.78 is 27.8. The quantitative estimate of drug-likeness (QED) is 0.234. The Bertz CT molecular complexity index is 967. The Hall–Kier alpha value is -2.72. The van der Waals surface area contributed by atoms with Gasteiger partial charge in [-0.15, -0.1) is 0 Å². The third-order valence-corrected chi connectivity index (χ3v) is 3.61. The molecule has 1 amide bonds. The van der Waals surface area contributed by atoms with Crippen LogP contribution in [-0.4, -0.2) is 41.8 Å². The van der Waals surface area contributed by atoms with Gasteiger partial charge in [0.1, 0.15) is 12.0 Å². The average molecular weight is 366 g/mol. The van der Waals surface area contributed by atoms with Crippen molar-refractivity contribution in [3.05, 3.63) is 35.0 Å². The van der Waals surface area contributed by atoms with E-state index in [-0.39, 0.29) is 11.7 Å². The first-order valence-electron chi connectivity index (χ1n) is 7.24. The van der Waals surface area contributed by atoms with Crippen LogP contribution >= 0.6 is 0 Å². The minimum absolute atomic E-state index is 0.133. The zero-order valence-corrected chi connectivity index (χ0v) is 14.5. The van der Waals surface area contributed by atoms with Gasteiger partial charge in [-0.05, 0) is 18.6 Å². The molecule has 4 N–H and O–H groups in total. The van der Waals surface area contributed by atoms with Crippen LogP contribution < -0.4 is 11.2 Å². The minimum atomic E-state index is -3.67. The van der Waals surface area contributed by atoms with Gasteiger partial charge in [0.2, 0.25) is 0 Å². The van der Waals surface area contributed by atoms with E-state index >= 15 is 0 Å². The normalized spacial score (nSPS) is 13.6. The van der Waals surface area contributed by atoms with Gasteiger partial charge < -0.3 is 15.7 Å². The predicted octanol–water partition coefficient (Wildman–Crippen LogP) is 0.672. The van der Waals surface area contributed by atoms with Gasteiger partial charge in [-0.3, -0.25) is 14.1 Å². The molecule has 0 aliphatic carbocycles. The molecule has 1 aromatic heterocycles. The number of ketones is 1. The molecule has 0 radical (unpaired) electrons. The number of aromatic nitrogens is 1. The Morgan fingerprint density at radius 1 is 1.44 bits per heavy atom. The highest BCUT2D eigenvalue weighted by Crippen LogP contribution is 2.30. The number of rotatable bonds is 2. The van der Waals surface area contributed by atoms with E-state index in [1.54, 1.807) is 6.07 Å². The molecule has 1 aliphatic heterocycles. The van der Waals surface area contributed by atoms with Crippen LogP contribution in [0.5, 0.6) is 0 Å². The summed E-state index contributed by atoms with van der Waals surface area (Å²) in [7, 11) is -3.67. The molecule has 0 atom stereocenters. The lowest BCUT2D eigenvalue weighted by Gasteiger charge is -2.18. The van der Waals surface area contributed by atoms with E-state index in [4.69, 9.17) is 10.4 Å². The van der Waals surface area contributed by atoms with Crippen LogP contribution in [0.3, 0.4) is 0 Å². The molecule has 10 heteroatoms. The van der Waals surface area contributed by atoms with E-state index in [1.807, 2.05) is 23.6 Å². The second kappa shape index (κ2) is 7.03. The van der Waals surface area contributed by atoms with Gasteiger partial charge >= 0.3 is 0 Å². The number of hydrazone groups is 1. The molecule has 0 bridgehead atoms. The van der Waals surface area contributed by atoms with E-state index in [0.29, 0.717) is 24.9 Å². The summed E-state index contributed by atoms with van der Waals surface area (Å²) >= 11 is 0. The van der Waals surface area contributed by atoms with E-state index < -0.39 is 10.1 Å². The molecule has 9 nitrogen and oxygen atoms in total. The molecule has 1 aliphatic rings. The smallest absolute Gasteiger partial charge is 0.273 e. The fraction of sp³-hybridized carbons (Fsp3) is 0.267. The summed E-state index contributed by atoms with van der Waals surface area (Å²) in [5, 5.41) is 6.64. The van der Waals surface area contributed by atoms with Gasteiger partial charge in [0.05, 0.1) is 11.8 Å². The van der Waals surface area contributed by atoms with E-state index in [1.165, 1.54) is 0 Å². The lowest BCUT2D eigenvalue weighted by atomic mass is 9.97. The summed E-state index contributed by atoms with van der Waals surface area (Å²) in [6, 6.07) is 5.63. The first-order chi connectivity index (χ1) is 11.6. The second-order valence-corrected chi connectivity index (χ2v) is 7.00. The molecule has 134 valence electrons. The molecule has 0 saturated carbocycles. The van der Waals surface area contributed by atoms with Gasteiger partial charge in [0, 0.05) is 23.9 Å². The van der Waals surface area contributed by atoms with Crippen molar-refractivity contribution < 1.29 is 22.6 Å². The summed E-state index contributed by atoms with van der Waals surface area (Å²) in [4.78, 5) is 24.2. The molecule has 0 saturated heterocycles. The second-order valence-electron chi connectivity index (χ2n) is 5.53. The summed E-state index contributed by atoms with van der Waals surface area (Å²) in [6.45, 7) is 2.43. The number of hydrogen-bond donors (Lipinski definition) is 3. The van der Waals surface area contributed by atoms with E-state index in [2.05, 4.69) is 10.4 Å². The lowest BCUT2D eigenvalue weighted by Crippen LogP contribution is -2.26. The molecule has 3 rings (SSSR count). The fourth-order valence-electron chi connectivity index (χ4n) is 2.74. The monoisotopic (exact) mass is 366 g/mol. The SMILES string of the molecule is CS(=O)(=O)O.Cc1ccc2cc(C(=O)NC=NN)n3c2c1C(=O)CC3. The van der Waals surface area contributed by atoms with Crippen LogP contribution in [-0.2, 0) is 16.7 Å². The summed E-state index contributed by atoms with van der Waals surface area (Å²) in [5.41, 5.74) is 3.02. The number of Topliss-reactive ketones (excluding diaryl/α,β-unsaturated/α-hetero) is 1. The number of nitrogens with two attached hydrogens (primary N) is 1. The van der Waals surface area contributed by atoms with Crippen LogP contribution in [0.15, 0.2) is 23.3 Å². The first-order valence-corrected chi connectivity index (χ1v) is 9.09. The Balaban J connectivity index is 0.000000399. The van der Waals surface area contributed by atoms with Crippen molar-refractivity contribution in [2.24, 2.45) is 10.9 Å². The molecule has 25 heavy (non-hydrogen) atoms. The van der Waals surface area contributed by atoms with Crippen LogP contribution in [0.1, 0.15) is 32.8 Å². The van der Waals surface area contributed by atoms with E-state index in [0.717, 1.165) is 28.4 Å². The zero-order chi connectivity index (χ0) is 18.8. The maximum absolute atomic E-state index is 12.1. The van der Waals surface area contributed by atoms with Crippen molar-refractivity contribution >= 4 is 39.1 Å². The topological polar surface area (TPSA) is 144 Å². The van der Waals surface area contributed by atoms with Gasteiger partial charge in [0.25, 0.3) is 16.0 Å². The molecule has 1 aromatic carbocycles.